The molecule has 0 fully saturated rings. The molecule has 1 heterocycles. The van der Waals surface area contributed by atoms with Crippen LogP contribution in [0.3, 0.4) is 0 Å². The molecular weight excluding hydrogens is 288 g/mol. The van der Waals surface area contributed by atoms with Crippen LogP contribution in [-0.4, -0.2) is 18.2 Å². The van der Waals surface area contributed by atoms with Crippen molar-refractivity contribution in [2.24, 2.45) is 7.05 Å². The second kappa shape index (κ2) is 4.91. The van der Waals surface area contributed by atoms with Crippen molar-refractivity contribution in [1.29, 1.82) is 5.26 Å². The molecular formula is C11H9ClN4O2S. The molecule has 0 saturated carbocycles. The first kappa shape index (κ1) is 13.4. The fourth-order valence-corrected chi connectivity index (χ4v) is 3.27. The smallest absolute Gasteiger partial charge is 0.278 e. The number of nitrogens with one attached hydrogen (secondary N) is 1. The van der Waals surface area contributed by atoms with Gasteiger partial charge < -0.3 is 0 Å². The van der Waals surface area contributed by atoms with Crippen molar-refractivity contribution in [3.8, 4) is 6.07 Å². The Balaban J connectivity index is 2.40. The molecule has 0 amide bonds. The third-order valence-corrected chi connectivity index (χ3v) is 4.23. The van der Waals surface area contributed by atoms with Crippen molar-refractivity contribution in [2.75, 3.05) is 4.72 Å². The van der Waals surface area contributed by atoms with Crippen LogP contribution in [0, 0.1) is 11.3 Å². The van der Waals surface area contributed by atoms with Gasteiger partial charge in [-0.05, 0) is 18.2 Å². The van der Waals surface area contributed by atoms with Crippen LogP contribution in [0.25, 0.3) is 0 Å². The summed E-state index contributed by atoms with van der Waals surface area (Å²) in [5, 5.41) is 12.4. The van der Waals surface area contributed by atoms with E-state index in [4.69, 9.17) is 16.9 Å². The Morgan fingerprint density at radius 1 is 1.47 bits per heavy atom. The van der Waals surface area contributed by atoms with Gasteiger partial charge in [0, 0.05) is 7.05 Å². The molecule has 0 aliphatic carbocycles. The summed E-state index contributed by atoms with van der Waals surface area (Å²) in [4.78, 5) is 0. The van der Waals surface area contributed by atoms with Crippen molar-refractivity contribution in [3.63, 3.8) is 0 Å². The Labute approximate surface area is 115 Å². The van der Waals surface area contributed by atoms with Crippen LogP contribution in [0.2, 0.25) is 5.02 Å². The predicted molar refractivity (Wildman–Crippen MR) is 70.2 cm³/mol. The minimum Gasteiger partial charge on any atom is -0.278 e. The van der Waals surface area contributed by atoms with Crippen LogP contribution in [0.5, 0.6) is 0 Å². The molecule has 8 heteroatoms. The summed E-state index contributed by atoms with van der Waals surface area (Å²) in [7, 11) is -2.37. The number of nitrogens with zero attached hydrogens (tertiary/aromatic N) is 3. The van der Waals surface area contributed by atoms with Crippen LogP contribution >= 0.6 is 11.6 Å². The molecule has 0 aliphatic rings. The van der Waals surface area contributed by atoms with Gasteiger partial charge in [-0.15, -0.1) is 0 Å². The summed E-state index contributed by atoms with van der Waals surface area (Å²) in [5.41, 5.74) is 0.646. The quantitative estimate of drug-likeness (QED) is 0.934. The Bertz CT molecular complexity index is 742. The number of benzene rings is 1. The van der Waals surface area contributed by atoms with Gasteiger partial charge in [-0.3, -0.25) is 9.40 Å². The number of nitriles is 1. The highest BCUT2D eigenvalue weighted by molar-refractivity contribution is 7.92. The van der Waals surface area contributed by atoms with Gasteiger partial charge in [0.25, 0.3) is 10.0 Å². The minimum absolute atomic E-state index is 0.0337. The molecule has 0 atom stereocenters. The Hall–Kier alpha value is -2.04. The molecule has 98 valence electrons. The van der Waals surface area contributed by atoms with Crippen molar-refractivity contribution < 1.29 is 8.42 Å². The highest BCUT2D eigenvalue weighted by Gasteiger charge is 2.22. The van der Waals surface area contributed by atoms with Gasteiger partial charge in [-0.2, -0.15) is 18.8 Å². The van der Waals surface area contributed by atoms with Crippen molar-refractivity contribution in [3.05, 3.63) is 41.0 Å². The Morgan fingerprint density at radius 2 is 2.21 bits per heavy atom. The van der Waals surface area contributed by atoms with E-state index in [2.05, 4.69) is 9.82 Å². The maximum atomic E-state index is 12.2. The average molecular weight is 297 g/mol. The number of hydrogen-bond acceptors (Lipinski definition) is 4. The first-order valence-corrected chi connectivity index (χ1v) is 7.00. The molecule has 0 aliphatic heterocycles. The molecule has 6 nitrogen and oxygen atoms in total. The van der Waals surface area contributed by atoms with Gasteiger partial charge in [0.1, 0.15) is 0 Å². The molecule has 1 N–H and O–H groups in total. The van der Waals surface area contributed by atoms with Crippen LogP contribution in [0.1, 0.15) is 5.56 Å². The highest BCUT2D eigenvalue weighted by atomic mass is 35.5. The van der Waals surface area contributed by atoms with E-state index in [-0.39, 0.29) is 15.7 Å². The zero-order valence-corrected chi connectivity index (χ0v) is 11.4. The fourth-order valence-electron chi connectivity index (χ4n) is 1.56. The molecule has 0 spiro atoms. The van der Waals surface area contributed by atoms with Gasteiger partial charge in [0.15, 0.2) is 5.03 Å². The largest absolute Gasteiger partial charge is 0.280 e. The summed E-state index contributed by atoms with van der Waals surface area (Å²) < 4.78 is 27.8. The summed E-state index contributed by atoms with van der Waals surface area (Å²) in [6.07, 6.45) is 1.25. The maximum absolute atomic E-state index is 12.2. The average Bonchev–Trinajstić information content (AvgIpc) is 2.69. The molecule has 2 rings (SSSR count). The zero-order valence-electron chi connectivity index (χ0n) is 9.83. The van der Waals surface area contributed by atoms with E-state index in [1.807, 2.05) is 6.07 Å². The second-order valence-electron chi connectivity index (χ2n) is 3.72. The number of halogens is 1. The van der Waals surface area contributed by atoms with Crippen LogP contribution in [-0.2, 0) is 17.1 Å². The molecule has 1 aromatic heterocycles. The highest BCUT2D eigenvalue weighted by Crippen LogP contribution is 2.23. The molecule has 0 saturated heterocycles. The van der Waals surface area contributed by atoms with E-state index in [0.29, 0.717) is 5.56 Å². The molecule has 0 radical (unpaired) electrons. The zero-order chi connectivity index (χ0) is 14.0. The lowest BCUT2D eigenvalue weighted by atomic mass is 10.2. The minimum atomic E-state index is -3.85. The fraction of sp³-hybridized carbons (Fsp3) is 0.0909. The third-order valence-electron chi connectivity index (χ3n) is 2.34. The standard InChI is InChI=1S/C11H9ClN4O2S/c1-16-11(10(12)7-14-16)19(17,18)15-9-4-2-3-8(5-9)6-13/h2-5,7,15H,1H3. The summed E-state index contributed by atoms with van der Waals surface area (Å²) in [5.74, 6) is 0. The maximum Gasteiger partial charge on any atom is 0.280 e. The van der Waals surface area contributed by atoms with Crippen molar-refractivity contribution in [1.82, 2.24) is 9.78 Å². The topological polar surface area (TPSA) is 87.8 Å². The van der Waals surface area contributed by atoms with Gasteiger partial charge in [0.05, 0.1) is 28.5 Å². The van der Waals surface area contributed by atoms with E-state index >= 15 is 0 Å². The number of rotatable bonds is 3. The summed E-state index contributed by atoms with van der Waals surface area (Å²) >= 11 is 5.80. The predicted octanol–water partition coefficient (Wildman–Crippen LogP) is 1.75. The van der Waals surface area contributed by atoms with E-state index in [1.54, 1.807) is 18.2 Å². The van der Waals surface area contributed by atoms with E-state index < -0.39 is 10.0 Å². The lowest BCUT2D eigenvalue weighted by Gasteiger charge is -2.08. The lowest BCUT2D eigenvalue weighted by Crippen LogP contribution is -2.17. The first-order valence-electron chi connectivity index (χ1n) is 5.14. The van der Waals surface area contributed by atoms with Crippen LogP contribution in [0.4, 0.5) is 5.69 Å². The Morgan fingerprint density at radius 3 is 2.79 bits per heavy atom. The van der Waals surface area contributed by atoms with Gasteiger partial charge in [-0.25, -0.2) is 0 Å². The van der Waals surface area contributed by atoms with E-state index in [9.17, 15) is 8.42 Å². The monoisotopic (exact) mass is 296 g/mol. The van der Waals surface area contributed by atoms with Crippen LogP contribution < -0.4 is 4.72 Å². The molecule has 0 unspecified atom stereocenters. The van der Waals surface area contributed by atoms with E-state index in [0.717, 1.165) is 0 Å². The SMILES string of the molecule is Cn1ncc(Cl)c1S(=O)(=O)Nc1cccc(C#N)c1. The van der Waals surface area contributed by atoms with Gasteiger partial charge >= 0.3 is 0 Å². The van der Waals surface area contributed by atoms with Crippen molar-refractivity contribution in [2.45, 2.75) is 5.03 Å². The number of hydrogen-bond donors (Lipinski definition) is 1. The third kappa shape index (κ3) is 2.70. The van der Waals surface area contributed by atoms with Crippen molar-refractivity contribution >= 4 is 27.3 Å². The lowest BCUT2D eigenvalue weighted by molar-refractivity contribution is 0.582. The second-order valence-corrected chi connectivity index (χ2v) is 5.72. The number of sulfonamides is 1. The normalized spacial score (nSPS) is 11.0. The number of aromatic nitrogens is 2. The van der Waals surface area contributed by atoms with Gasteiger partial charge in [0.2, 0.25) is 0 Å². The molecule has 2 aromatic rings. The van der Waals surface area contributed by atoms with Crippen LogP contribution in [0.15, 0.2) is 35.5 Å². The van der Waals surface area contributed by atoms with Gasteiger partial charge in [-0.1, -0.05) is 17.7 Å². The Kier molecular flexibility index (Phi) is 3.46. The molecule has 1 aromatic carbocycles. The summed E-state index contributed by atoms with van der Waals surface area (Å²) in [6.45, 7) is 0. The molecule has 19 heavy (non-hydrogen) atoms. The number of anilines is 1. The first-order chi connectivity index (χ1) is 8.94. The summed E-state index contributed by atoms with van der Waals surface area (Å²) in [6, 6.07) is 8.07. The molecule has 0 bridgehead atoms. The van der Waals surface area contributed by atoms with E-state index in [1.165, 1.54) is 24.0 Å². The number of aryl methyl sites for hydroxylation is 1.